The Balaban J connectivity index is 1.93. The van der Waals surface area contributed by atoms with E-state index in [1.807, 2.05) is 30.5 Å². The molecular formula is C20H18Cl2N2O3. The standard InChI is InChI=1S/C20H18Cl2N2O3/c1-10-7-13(8-17-19(25)18(11(2)23-17)20(26)27-4)12(3)24(10)14-5-6-15(21)16(22)9-14/h5-7,9H,8H2,1-4H3. The van der Waals surface area contributed by atoms with Gasteiger partial charge in [-0.25, -0.2) is 4.79 Å². The number of methoxy groups -OCH3 is 1. The Bertz CT molecular complexity index is 1030. The number of esters is 1. The zero-order chi connectivity index (χ0) is 19.9. The fourth-order valence-corrected chi connectivity index (χ4v) is 3.58. The van der Waals surface area contributed by atoms with Crippen LogP contribution >= 0.6 is 23.2 Å². The van der Waals surface area contributed by atoms with Gasteiger partial charge in [-0.2, -0.15) is 0 Å². The summed E-state index contributed by atoms with van der Waals surface area (Å²) in [4.78, 5) is 28.6. The van der Waals surface area contributed by atoms with Gasteiger partial charge in [0.1, 0.15) is 5.57 Å². The van der Waals surface area contributed by atoms with Crippen molar-refractivity contribution < 1.29 is 14.3 Å². The largest absolute Gasteiger partial charge is 0.465 e. The predicted octanol–water partition coefficient (Wildman–Crippen LogP) is 4.41. The molecule has 0 spiro atoms. The minimum atomic E-state index is -0.655. The van der Waals surface area contributed by atoms with Gasteiger partial charge in [0.15, 0.2) is 0 Å². The maximum atomic E-state index is 12.5. The summed E-state index contributed by atoms with van der Waals surface area (Å²) in [6, 6.07) is 7.43. The van der Waals surface area contributed by atoms with E-state index in [2.05, 4.69) is 9.73 Å². The monoisotopic (exact) mass is 404 g/mol. The summed E-state index contributed by atoms with van der Waals surface area (Å²) in [7, 11) is 1.25. The van der Waals surface area contributed by atoms with E-state index in [9.17, 15) is 9.59 Å². The van der Waals surface area contributed by atoms with E-state index in [0.29, 0.717) is 27.9 Å². The van der Waals surface area contributed by atoms with Gasteiger partial charge in [-0.15, -0.1) is 0 Å². The number of ether oxygens (including phenoxy) is 1. The number of Topliss-reactive ketones (excluding diaryl/α,β-unsaturated/α-hetero) is 1. The number of carbonyl (C=O) groups is 2. The summed E-state index contributed by atoms with van der Waals surface area (Å²) in [5.74, 6) is -1.03. The van der Waals surface area contributed by atoms with E-state index in [4.69, 9.17) is 23.2 Å². The van der Waals surface area contributed by atoms with Crippen LogP contribution in [0.5, 0.6) is 0 Å². The minimum Gasteiger partial charge on any atom is -0.465 e. The number of allylic oxidation sites excluding steroid dienone is 1. The molecule has 1 aliphatic rings. The third kappa shape index (κ3) is 3.45. The van der Waals surface area contributed by atoms with Crippen LogP contribution in [0.4, 0.5) is 0 Å². The van der Waals surface area contributed by atoms with Gasteiger partial charge in [-0.3, -0.25) is 9.79 Å². The van der Waals surface area contributed by atoms with Crippen molar-refractivity contribution in [2.45, 2.75) is 27.2 Å². The summed E-state index contributed by atoms with van der Waals surface area (Å²) >= 11 is 12.2. The average molecular weight is 405 g/mol. The summed E-state index contributed by atoms with van der Waals surface area (Å²) in [5.41, 5.74) is 4.52. The second-order valence-corrected chi connectivity index (χ2v) is 7.16. The Kier molecular flexibility index (Phi) is 5.27. The van der Waals surface area contributed by atoms with E-state index in [0.717, 1.165) is 22.6 Å². The first-order chi connectivity index (χ1) is 12.7. The number of ketones is 1. The molecule has 27 heavy (non-hydrogen) atoms. The average Bonchev–Trinajstić information content (AvgIpc) is 3.05. The number of aromatic nitrogens is 1. The Morgan fingerprint density at radius 3 is 2.48 bits per heavy atom. The van der Waals surface area contributed by atoms with Gasteiger partial charge in [0.25, 0.3) is 0 Å². The molecule has 5 nitrogen and oxygen atoms in total. The molecule has 1 aromatic carbocycles. The van der Waals surface area contributed by atoms with Crippen molar-refractivity contribution in [2.24, 2.45) is 4.99 Å². The molecule has 1 aliphatic heterocycles. The van der Waals surface area contributed by atoms with Crippen LogP contribution in [-0.2, 0) is 20.7 Å². The van der Waals surface area contributed by atoms with E-state index in [-0.39, 0.29) is 11.4 Å². The van der Waals surface area contributed by atoms with E-state index >= 15 is 0 Å². The third-order valence-corrected chi connectivity index (χ3v) is 5.34. The lowest BCUT2D eigenvalue weighted by molar-refractivity contribution is -0.137. The first-order valence-corrected chi connectivity index (χ1v) is 9.05. The van der Waals surface area contributed by atoms with Gasteiger partial charge in [-0.1, -0.05) is 23.2 Å². The molecule has 0 saturated heterocycles. The van der Waals surface area contributed by atoms with E-state index in [1.165, 1.54) is 7.11 Å². The number of halogens is 2. The zero-order valence-corrected chi connectivity index (χ0v) is 16.9. The van der Waals surface area contributed by atoms with Gasteiger partial charge in [0, 0.05) is 23.5 Å². The Morgan fingerprint density at radius 1 is 1.15 bits per heavy atom. The molecule has 0 aliphatic carbocycles. The van der Waals surface area contributed by atoms with Crippen LogP contribution in [0.25, 0.3) is 5.69 Å². The van der Waals surface area contributed by atoms with Crippen LogP contribution in [-0.4, -0.2) is 29.1 Å². The van der Waals surface area contributed by atoms with E-state index in [1.54, 1.807) is 19.1 Å². The number of rotatable bonds is 4. The first kappa shape index (κ1) is 19.4. The normalized spacial score (nSPS) is 14.0. The van der Waals surface area contributed by atoms with Crippen molar-refractivity contribution >= 4 is 40.7 Å². The number of benzene rings is 1. The van der Waals surface area contributed by atoms with Crippen molar-refractivity contribution in [1.29, 1.82) is 0 Å². The minimum absolute atomic E-state index is 0.00536. The van der Waals surface area contributed by atoms with Crippen molar-refractivity contribution in [2.75, 3.05) is 7.11 Å². The summed E-state index contributed by atoms with van der Waals surface area (Å²) in [6.45, 7) is 5.57. The van der Waals surface area contributed by atoms with Crippen molar-refractivity contribution in [3.05, 3.63) is 62.5 Å². The fourth-order valence-electron chi connectivity index (χ4n) is 3.29. The molecule has 0 radical (unpaired) electrons. The van der Waals surface area contributed by atoms with Crippen molar-refractivity contribution in [3.63, 3.8) is 0 Å². The molecule has 0 amide bonds. The molecule has 0 unspecified atom stereocenters. The molecule has 0 bridgehead atoms. The topological polar surface area (TPSA) is 60.7 Å². The molecule has 1 aromatic heterocycles. The van der Waals surface area contributed by atoms with Crippen molar-refractivity contribution in [1.82, 2.24) is 4.57 Å². The molecule has 0 fully saturated rings. The molecule has 2 heterocycles. The van der Waals surface area contributed by atoms with Gasteiger partial charge in [0.2, 0.25) is 5.78 Å². The van der Waals surface area contributed by atoms with Gasteiger partial charge >= 0.3 is 5.97 Å². The quantitative estimate of drug-likeness (QED) is 0.559. The molecule has 3 rings (SSSR count). The second-order valence-electron chi connectivity index (χ2n) is 6.35. The molecule has 0 N–H and O–H groups in total. The highest BCUT2D eigenvalue weighted by molar-refractivity contribution is 6.53. The smallest absolute Gasteiger partial charge is 0.343 e. The van der Waals surface area contributed by atoms with Crippen LogP contribution in [0.15, 0.2) is 40.5 Å². The van der Waals surface area contributed by atoms with Crippen molar-refractivity contribution in [3.8, 4) is 5.69 Å². The Hall–Kier alpha value is -2.37. The van der Waals surface area contributed by atoms with Crippen LogP contribution in [0.2, 0.25) is 10.0 Å². The molecule has 0 saturated carbocycles. The SMILES string of the molecule is COC(=O)C1=C(C)N=C(Cc2cc(C)n(-c3ccc(Cl)c(Cl)c3)c2C)C1=O. The lowest BCUT2D eigenvalue weighted by Crippen LogP contribution is -2.20. The van der Waals surface area contributed by atoms with Gasteiger partial charge in [0.05, 0.1) is 28.6 Å². The Morgan fingerprint density at radius 2 is 1.85 bits per heavy atom. The maximum Gasteiger partial charge on any atom is 0.343 e. The summed E-state index contributed by atoms with van der Waals surface area (Å²) < 4.78 is 6.72. The fraction of sp³-hybridized carbons (Fsp3) is 0.250. The highest BCUT2D eigenvalue weighted by Crippen LogP contribution is 2.28. The Labute approximate surface area is 167 Å². The van der Waals surface area contributed by atoms with E-state index < -0.39 is 5.97 Å². The number of carbonyl (C=O) groups excluding carboxylic acids is 2. The van der Waals surface area contributed by atoms with Gasteiger partial charge < -0.3 is 9.30 Å². The summed E-state index contributed by atoms with van der Waals surface area (Å²) in [6.07, 6.45) is 0.331. The molecule has 2 aromatic rings. The molecule has 0 atom stereocenters. The van der Waals surface area contributed by atoms with Crippen LogP contribution in [0.1, 0.15) is 23.9 Å². The number of nitrogens with zero attached hydrogens (tertiary/aromatic N) is 2. The number of hydrogen-bond donors (Lipinski definition) is 0. The number of aryl methyl sites for hydroxylation is 1. The van der Waals surface area contributed by atoms with Gasteiger partial charge in [-0.05, 0) is 50.6 Å². The highest BCUT2D eigenvalue weighted by atomic mass is 35.5. The number of aliphatic imine (C=N–C) groups is 1. The lowest BCUT2D eigenvalue weighted by atomic mass is 10.0. The summed E-state index contributed by atoms with van der Waals surface area (Å²) in [5, 5.41) is 0.965. The van der Waals surface area contributed by atoms with Crippen LogP contribution in [0, 0.1) is 13.8 Å². The zero-order valence-electron chi connectivity index (χ0n) is 15.4. The second kappa shape index (κ2) is 7.33. The first-order valence-electron chi connectivity index (χ1n) is 8.29. The maximum absolute atomic E-state index is 12.5. The molecular weight excluding hydrogens is 387 g/mol. The van der Waals surface area contributed by atoms with Crippen LogP contribution in [0.3, 0.4) is 0 Å². The molecule has 7 heteroatoms. The lowest BCUT2D eigenvalue weighted by Gasteiger charge is -2.11. The highest BCUT2D eigenvalue weighted by Gasteiger charge is 2.32. The number of hydrogen-bond acceptors (Lipinski definition) is 4. The van der Waals surface area contributed by atoms with Crippen LogP contribution < -0.4 is 0 Å². The molecule has 140 valence electrons. The third-order valence-electron chi connectivity index (χ3n) is 4.60. The predicted molar refractivity (Wildman–Crippen MR) is 106 cm³/mol.